The molecule has 0 aliphatic heterocycles. The molecule has 0 saturated carbocycles. The third-order valence-corrected chi connectivity index (χ3v) is 3.86. The van der Waals surface area contributed by atoms with Crippen molar-refractivity contribution in [2.45, 2.75) is 0 Å². The number of hydrogen-bond donors (Lipinski definition) is 1. The maximum atomic E-state index is 12.3. The highest BCUT2D eigenvalue weighted by atomic mass is 35.5. The Morgan fingerprint density at radius 3 is 2.52 bits per heavy atom. The standard InChI is InChI=1S/C16H10Cl3N3O/c17-10-2-1-3-12(8-10)22-7-6-15(21-22)16(23)20-14-5-4-11(18)9-13(14)19/h1-9H,(H,20,23). The number of hydrogen-bond acceptors (Lipinski definition) is 2. The van der Waals surface area contributed by atoms with E-state index >= 15 is 0 Å². The van der Waals surface area contributed by atoms with Gasteiger partial charge in [0.1, 0.15) is 0 Å². The summed E-state index contributed by atoms with van der Waals surface area (Å²) in [4.78, 5) is 12.3. The summed E-state index contributed by atoms with van der Waals surface area (Å²) in [7, 11) is 0. The zero-order valence-corrected chi connectivity index (χ0v) is 13.9. The third kappa shape index (κ3) is 3.67. The average Bonchev–Trinajstić information content (AvgIpc) is 3.00. The highest BCUT2D eigenvalue weighted by molar-refractivity contribution is 6.36. The summed E-state index contributed by atoms with van der Waals surface area (Å²) in [6.45, 7) is 0. The molecule has 0 saturated heterocycles. The summed E-state index contributed by atoms with van der Waals surface area (Å²) in [5, 5.41) is 8.39. The number of nitrogens with one attached hydrogen (secondary N) is 1. The monoisotopic (exact) mass is 365 g/mol. The Hall–Kier alpha value is -2.01. The van der Waals surface area contributed by atoms with Gasteiger partial charge in [0.25, 0.3) is 5.91 Å². The lowest BCUT2D eigenvalue weighted by atomic mass is 10.3. The molecule has 3 rings (SSSR count). The fraction of sp³-hybridized carbons (Fsp3) is 0. The van der Waals surface area contributed by atoms with E-state index in [9.17, 15) is 4.79 Å². The van der Waals surface area contributed by atoms with Crippen LogP contribution in [0.25, 0.3) is 5.69 Å². The molecule has 0 aliphatic carbocycles. The summed E-state index contributed by atoms with van der Waals surface area (Å²) in [6.07, 6.45) is 1.68. The number of nitrogens with zero attached hydrogens (tertiary/aromatic N) is 2. The van der Waals surface area contributed by atoms with E-state index < -0.39 is 0 Å². The zero-order chi connectivity index (χ0) is 16.4. The second-order valence-electron chi connectivity index (χ2n) is 4.70. The third-order valence-electron chi connectivity index (χ3n) is 3.07. The predicted octanol–water partition coefficient (Wildman–Crippen LogP) is 5.08. The maximum absolute atomic E-state index is 12.3. The molecule has 1 aromatic heterocycles. The molecule has 0 aliphatic rings. The number of anilines is 1. The number of carbonyl (C=O) groups excluding carboxylic acids is 1. The first-order chi connectivity index (χ1) is 11.0. The maximum Gasteiger partial charge on any atom is 0.276 e. The van der Waals surface area contributed by atoms with Crippen LogP contribution in [0.1, 0.15) is 10.5 Å². The van der Waals surface area contributed by atoms with Crippen molar-refractivity contribution in [2.75, 3.05) is 5.32 Å². The molecule has 2 aromatic carbocycles. The van der Waals surface area contributed by atoms with Crippen LogP contribution in [-0.4, -0.2) is 15.7 Å². The molecule has 23 heavy (non-hydrogen) atoms. The number of benzene rings is 2. The van der Waals surface area contributed by atoms with Crippen LogP contribution < -0.4 is 5.32 Å². The average molecular weight is 367 g/mol. The molecule has 0 radical (unpaired) electrons. The molecular weight excluding hydrogens is 357 g/mol. The van der Waals surface area contributed by atoms with Crippen LogP contribution in [0, 0.1) is 0 Å². The number of halogens is 3. The van der Waals surface area contributed by atoms with Gasteiger partial charge in [-0.2, -0.15) is 5.10 Å². The Bertz CT molecular complexity index is 877. The predicted molar refractivity (Wildman–Crippen MR) is 93.0 cm³/mol. The Kier molecular flexibility index (Phi) is 4.57. The van der Waals surface area contributed by atoms with Crippen LogP contribution in [0.3, 0.4) is 0 Å². The summed E-state index contributed by atoms with van der Waals surface area (Å²) >= 11 is 17.8. The molecule has 1 heterocycles. The number of amides is 1. The van der Waals surface area contributed by atoms with E-state index in [1.165, 1.54) is 0 Å². The van der Waals surface area contributed by atoms with Crippen LogP contribution in [0.5, 0.6) is 0 Å². The van der Waals surface area contributed by atoms with Gasteiger partial charge in [0, 0.05) is 16.2 Å². The number of carbonyl (C=O) groups is 1. The lowest BCUT2D eigenvalue weighted by Gasteiger charge is -2.06. The molecule has 4 nitrogen and oxygen atoms in total. The van der Waals surface area contributed by atoms with Crippen LogP contribution in [0.2, 0.25) is 15.1 Å². The Morgan fingerprint density at radius 1 is 1.00 bits per heavy atom. The highest BCUT2D eigenvalue weighted by Gasteiger charge is 2.12. The lowest BCUT2D eigenvalue weighted by molar-refractivity contribution is 0.102. The Labute approximate surface area is 147 Å². The van der Waals surface area contributed by atoms with Crippen LogP contribution >= 0.6 is 34.8 Å². The molecule has 0 bridgehead atoms. The SMILES string of the molecule is O=C(Nc1ccc(Cl)cc1Cl)c1ccn(-c2cccc(Cl)c2)n1. The van der Waals surface area contributed by atoms with Crippen LogP contribution in [0.4, 0.5) is 5.69 Å². The van der Waals surface area contributed by atoms with E-state index in [4.69, 9.17) is 34.8 Å². The molecule has 0 fully saturated rings. The quantitative estimate of drug-likeness (QED) is 0.702. The van der Waals surface area contributed by atoms with Gasteiger partial charge in [-0.25, -0.2) is 4.68 Å². The first kappa shape index (κ1) is 15.9. The molecule has 7 heteroatoms. The first-order valence-corrected chi connectivity index (χ1v) is 7.74. The van der Waals surface area contributed by atoms with Gasteiger partial charge in [0.2, 0.25) is 0 Å². The van der Waals surface area contributed by atoms with E-state index in [0.717, 1.165) is 5.69 Å². The minimum atomic E-state index is -0.366. The molecule has 1 N–H and O–H groups in total. The van der Waals surface area contributed by atoms with Crippen molar-refractivity contribution in [3.8, 4) is 5.69 Å². The molecule has 0 spiro atoms. The molecule has 1 amide bonds. The number of rotatable bonds is 3. The smallest absolute Gasteiger partial charge is 0.276 e. The molecule has 0 atom stereocenters. The molecular formula is C16H10Cl3N3O. The van der Waals surface area contributed by atoms with E-state index in [-0.39, 0.29) is 11.6 Å². The van der Waals surface area contributed by atoms with Gasteiger partial charge >= 0.3 is 0 Å². The van der Waals surface area contributed by atoms with Gasteiger partial charge in [-0.3, -0.25) is 4.79 Å². The van der Waals surface area contributed by atoms with E-state index in [1.807, 2.05) is 12.1 Å². The fourth-order valence-electron chi connectivity index (χ4n) is 1.98. The van der Waals surface area contributed by atoms with Crippen molar-refractivity contribution in [3.05, 3.63) is 75.5 Å². The van der Waals surface area contributed by atoms with Gasteiger partial charge in [0.05, 0.1) is 16.4 Å². The van der Waals surface area contributed by atoms with Gasteiger partial charge in [-0.15, -0.1) is 0 Å². The highest BCUT2D eigenvalue weighted by Crippen LogP contribution is 2.25. The summed E-state index contributed by atoms with van der Waals surface area (Å²) in [5.41, 5.74) is 1.50. The van der Waals surface area contributed by atoms with Crippen molar-refractivity contribution >= 4 is 46.4 Å². The van der Waals surface area contributed by atoms with Gasteiger partial charge in [0.15, 0.2) is 5.69 Å². The minimum absolute atomic E-state index is 0.260. The van der Waals surface area contributed by atoms with Crippen molar-refractivity contribution in [1.82, 2.24) is 9.78 Å². The van der Waals surface area contributed by atoms with Crippen molar-refractivity contribution in [1.29, 1.82) is 0 Å². The van der Waals surface area contributed by atoms with E-state index in [1.54, 1.807) is 47.3 Å². The second kappa shape index (κ2) is 6.62. The van der Waals surface area contributed by atoms with Crippen molar-refractivity contribution < 1.29 is 4.79 Å². The van der Waals surface area contributed by atoms with Gasteiger partial charge in [-0.05, 0) is 42.5 Å². The van der Waals surface area contributed by atoms with Crippen molar-refractivity contribution in [3.63, 3.8) is 0 Å². The zero-order valence-electron chi connectivity index (χ0n) is 11.6. The second-order valence-corrected chi connectivity index (χ2v) is 5.98. The summed E-state index contributed by atoms with van der Waals surface area (Å²) in [6, 6.07) is 13.6. The summed E-state index contributed by atoms with van der Waals surface area (Å²) < 4.78 is 1.57. The van der Waals surface area contributed by atoms with Crippen molar-refractivity contribution in [2.24, 2.45) is 0 Å². The van der Waals surface area contributed by atoms with E-state index in [2.05, 4.69) is 10.4 Å². The molecule has 116 valence electrons. The largest absolute Gasteiger partial charge is 0.319 e. The van der Waals surface area contributed by atoms with Gasteiger partial charge in [-0.1, -0.05) is 40.9 Å². The summed E-state index contributed by atoms with van der Waals surface area (Å²) in [5.74, 6) is -0.366. The topological polar surface area (TPSA) is 46.9 Å². The fourth-order valence-corrected chi connectivity index (χ4v) is 2.62. The Morgan fingerprint density at radius 2 is 1.78 bits per heavy atom. The molecule has 0 unspecified atom stereocenters. The first-order valence-electron chi connectivity index (χ1n) is 6.61. The van der Waals surface area contributed by atoms with E-state index in [0.29, 0.717) is 20.8 Å². The van der Waals surface area contributed by atoms with Gasteiger partial charge < -0.3 is 5.32 Å². The Balaban J connectivity index is 1.81. The normalized spacial score (nSPS) is 10.6. The van der Waals surface area contributed by atoms with Crippen LogP contribution in [0.15, 0.2) is 54.7 Å². The molecule has 3 aromatic rings. The number of aromatic nitrogens is 2. The van der Waals surface area contributed by atoms with Crippen LogP contribution in [-0.2, 0) is 0 Å². The minimum Gasteiger partial charge on any atom is -0.319 e. The lowest BCUT2D eigenvalue weighted by Crippen LogP contribution is -2.13.